The number of rotatable bonds is 2. The van der Waals surface area contributed by atoms with E-state index in [0.717, 1.165) is 29.3 Å². The minimum absolute atomic E-state index is 0.275. The molecular weight excluding hydrogens is 252 g/mol. The van der Waals surface area contributed by atoms with Crippen molar-refractivity contribution >= 4 is 5.71 Å². The summed E-state index contributed by atoms with van der Waals surface area (Å²) in [5, 5.41) is 4.46. The SMILES string of the molecule is c1ccc(C2CNN=C2c2ccc3c(c2)OCO3)cc1. The smallest absolute Gasteiger partial charge is 0.231 e. The average Bonchev–Trinajstić information content (AvgIpc) is 3.16. The van der Waals surface area contributed by atoms with Crippen LogP contribution in [0, 0.1) is 0 Å². The Morgan fingerprint density at radius 2 is 1.85 bits per heavy atom. The van der Waals surface area contributed by atoms with Gasteiger partial charge in [-0.2, -0.15) is 5.10 Å². The number of ether oxygens (including phenoxy) is 2. The topological polar surface area (TPSA) is 42.9 Å². The lowest BCUT2D eigenvalue weighted by molar-refractivity contribution is 0.174. The number of benzene rings is 2. The molecule has 1 unspecified atom stereocenters. The van der Waals surface area contributed by atoms with Crippen LogP contribution in [0.15, 0.2) is 53.6 Å². The van der Waals surface area contributed by atoms with Crippen LogP contribution >= 0.6 is 0 Å². The van der Waals surface area contributed by atoms with Crippen LogP contribution in [0.25, 0.3) is 0 Å². The fourth-order valence-corrected chi connectivity index (χ4v) is 2.68. The number of hydrazone groups is 1. The molecule has 2 aliphatic rings. The number of hydrogen-bond acceptors (Lipinski definition) is 4. The molecule has 0 amide bonds. The predicted octanol–water partition coefficient (Wildman–Crippen LogP) is 2.51. The summed E-state index contributed by atoms with van der Waals surface area (Å²) in [6.45, 7) is 1.12. The Hall–Kier alpha value is -2.49. The second-order valence-electron chi connectivity index (χ2n) is 4.89. The van der Waals surface area contributed by atoms with Crippen molar-refractivity contribution in [1.29, 1.82) is 0 Å². The van der Waals surface area contributed by atoms with Crippen molar-refractivity contribution < 1.29 is 9.47 Å². The highest BCUT2D eigenvalue weighted by Gasteiger charge is 2.26. The number of nitrogens with one attached hydrogen (secondary N) is 1. The molecule has 4 rings (SSSR count). The maximum atomic E-state index is 5.44. The molecule has 4 heteroatoms. The van der Waals surface area contributed by atoms with Gasteiger partial charge in [0.25, 0.3) is 0 Å². The van der Waals surface area contributed by atoms with Crippen LogP contribution in [0.4, 0.5) is 0 Å². The van der Waals surface area contributed by atoms with Gasteiger partial charge >= 0.3 is 0 Å². The fourth-order valence-electron chi connectivity index (χ4n) is 2.68. The van der Waals surface area contributed by atoms with E-state index < -0.39 is 0 Å². The molecule has 0 aliphatic carbocycles. The molecule has 4 nitrogen and oxygen atoms in total. The van der Waals surface area contributed by atoms with Crippen molar-refractivity contribution in [2.75, 3.05) is 13.3 Å². The Morgan fingerprint density at radius 3 is 2.75 bits per heavy atom. The van der Waals surface area contributed by atoms with E-state index in [2.05, 4.69) is 34.8 Å². The molecule has 2 aromatic rings. The molecule has 1 N–H and O–H groups in total. The van der Waals surface area contributed by atoms with Gasteiger partial charge in [0, 0.05) is 18.0 Å². The predicted molar refractivity (Wildman–Crippen MR) is 76.3 cm³/mol. The van der Waals surface area contributed by atoms with Crippen LogP contribution in [-0.4, -0.2) is 19.0 Å². The van der Waals surface area contributed by atoms with Gasteiger partial charge in [-0.1, -0.05) is 30.3 Å². The fraction of sp³-hybridized carbons (Fsp3) is 0.188. The highest BCUT2D eigenvalue weighted by molar-refractivity contribution is 6.06. The Labute approximate surface area is 117 Å². The third kappa shape index (κ3) is 1.81. The van der Waals surface area contributed by atoms with E-state index in [4.69, 9.17) is 9.47 Å². The van der Waals surface area contributed by atoms with Crippen LogP contribution in [0.5, 0.6) is 11.5 Å². The van der Waals surface area contributed by atoms with E-state index >= 15 is 0 Å². The zero-order valence-corrected chi connectivity index (χ0v) is 10.9. The molecule has 0 aromatic heterocycles. The summed E-state index contributed by atoms with van der Waals surface area (Å²) in [4.78, 5) is 0. The molecule has 0 saturated carbocycles. The molecule has 100 valence electrons. The van der Waals surface area contributed by atoms with Crippen molar-refractivity contribution in [3.8, 4) is 11.5 Å². The van der Waals surface area contributed by atoms with Crippen molar-refractivity contribution in [3.63, 3.8) is 0 Å². The lowest BCUT2D eigenvalue weighted by atomic mass is 9.91. The second kappa shape index (κ2) is 4.56. The first-order chi connectivity index (χ1) is 9.92. The molecule has 0 saturated heterocycles. The summed E-state index contributed by atoms with van der Waals surface area (Å²) in [5.74, 6) is 1.87. The Kier molecular flexibility index (Phi) is 2.59. The number of hydrogen-bond donors (Lipinski definition) is 1. The van der Waals surface area contributed by atoms with Gasteiger partial charge < -0.3 is 14.9 Å². The van der Waals surface area contributed by atoms with E-state index in [-0.39, 0.29) is 5.92 Å². The molecule has 1 atom stereocenters. The summed E-state index contributed by atoms with van der Waals surface area (Å²) >= 11 is 0. The highest BCUT2D eigenvalue weighted by Crippen LogP contribution is 2.34. The Bertz CT molecular complexity index is 667. The maximum absolute atomic E-state index is 5.44. The van der Waals surface area contributed by atoms with Crippen molar-refractivity contribution in [3.05, 3.63) is 59.7 Å². The van der Waals surface area contributed by atoms with Crippen LogP contribution in [-0.2, 0) is 0 Å². The first-order valence-electron chi connectivity index (χ1n) is 6.67. The van der Waals surface area contributed by atoms with Gasteiger partial charge in [-0.15, -0.1) is 0 Å². The van der Waals surface area contributed by atoms with Crippen molar-refractivity contribution in [2.45, 2.75) is 5.92 Å². The van der Waals surface area contributed by atoms with Crippen LogP contribution in [0.3, 0.4) is 0 Å². The third-order valence-corrected chi connectivity index (χ3v) is 3.70. The molecule has 0 fully saturated rings. The van der Waals surface area contributed by atoms with Gasteiger partial charge in [0.2, 0.25) is 6.79 Å². The molecule has 2 aromatic carbocycles. The zero-order chi connectivity index (χ0) is 13.4. The Morgan fingerprint density at radius 1 is 1.00 bits per heavy atom. The normalized spacial score (nSPS) is 19.6. The summed E-state index contributed by atoms with van der Waals surface area (Å²) in [6, 6.07) is 16.4. The van der Waals surface area contributed by atoms with Gasteiger partial charge in [-0.25, -0.2) is 0 Å². The van der Waals surface area contributed by atoms with Gasteiger partial charge in [0.05, 0.1) is 5.71 Å². The lowest BCUT2D eigenvalue weighted by Gasteiger charge is -2.12. The first kappa shape index (κ1) is 11.3. The van der Waals surface area contributed by atoms with E-state index in [1.54, 1.807) is 0 Å². The summed E-state index contributed by atoms with van der Waals surface area (Å²) in [7, 11) is 0. The van der Waals surface area contributed by atoms with E-state index in [1.165, 1.54) is 5.56 Å². The number of nitrogens with zero attached hydrogens (tertiary/aromatic N) is 1. The minimum Gasteiger partial charge on any atom is -0.454 e. The first-order valence-corrected chi connectivity index (χ1v) is 6.67. The highest BCUT2D eigenvalue weighted by atomic mass is 16.7. The zero-order valence-electron chi connectivity index (χ0n) is 10.9. The molecule has 0 spiro atoms. The largest absolute Gasteiger partial charge is 0.454 e. The second-order valence-corrected chi connectivity index (χ2v) is 4.89. The van der Waals surface area contributed by atoms with Crippen molar-refractivity contribution in [2.24, 2.45) is 5.10 Å². The molecule has 20 heavy (non-hydrogen) atoms. The van der Waals surface area contributed by atoms with Gasteiger partial charge in [-0.05, 0) is 23.8 Å². The molecule has 2 aliphatic heterocycles. The van der Waals surface area contributed by atoms with Gasteiger partial charge in [0.1, 0.15) is 0 Å². The molecule has 2 heterocycles. The third-order valence-electron chi connectivity index (χ3n) is 3.70. The number of fused-ring (bicyclic) bond motifs is 1. The van der Waals surface area contributed by atoms with Gasteiger partial charge in [-0.3, -0.25) is 0 Å². The quantitative estimate of drug-likeness (QED) is 0.908. The van der Waals surface area contributed by atoms with Crippen molar-refractivity contribution in [1.82, 2.24) is 5.43 Å². The summed E-state index contributed by atoms with van der Waals surface area (Å²) in [5.41, 5.74) is 6.50. The minimum atomic E-state index is 0.275. The van der Waals surface area contributed by atoms with Crippen LogP contribution in [0.2, 0.25) is 0 Å². The summed E-state index contributed by atoms with van der Waals surface area (Å²) in [6.07, 6.45) is 0. The van der Waals surface area contributed by atoms with E-state index in [0.29, 0.717) is 6.79 Å². The summed E-state index contributed by atoms with van der Waals surface area (Å²) < 4.78 is 10.8. The Balaban J connectivity index is 1.71. The van der Waals surface area contributed by atoms with Crippen LogP contribution in [0.1, 0.15) is 17.0 Å². The van der Waals surface area contributed by atoms with Gasteiger partial charge in [0.15, 0.2) is 11.5 Å². The lowest BCUT2D eigenvalue weighted by Crippen LogP contribution is -2.14. The molecular formula is C16H14N2O2. The van der Waals surface area contributed by atoms with E-state index in [1.807, 2.05) is 24.3 Å². The maximum Gasteiger partial charge on any atom is 0.231 e. The van der Waals surface area contributed by atoms with E-state index in [9.17, 15) is 0 Å². The molecule has 0 bridgehead atoms. The average molecular weight is 266 g/mol. The van der Waals surface area contributed by atoms with Crippen LogP contribution < -0.4 is 14.9 Å². The molecule has 0 radical (unpaired) electrons. The standard InChI is InChI=1S/C16H14N2O2/c1-2-4-11(5-3-1)13-9-17-18-16(13)12-6-7-14-15(8-12)20-10-19-14/h1-8,13,17H,9-10H2. The monoisotopic (exact) mass is 266 g/mol.